The second-order valence-electron chi connectivity index (χ2n) is 8.22. The molecule has 0 aliphatic carbocycles. The van der Waals surface area contributed by atoms with Gasteiger partial charge in [0.25, 0.3) is 0 Å². The Morgan fingerprint density at radius 3 is 2.32 bits per heavy atom. The van der Waals surface area contributed by atoms with Crippen LogP contribution in [0, 0.1) is 0 Å². The van der Waals surface area contributed by atoms with Gasteiger partial charge in [0.2, 0.25) is 5.91 Å². The monoisotopic (exact) mass is 424 g/mol. The van der Waals surface area contributed by atoms with Crippen LogP contribution in [0.2, 0.25) is 0 Å². The summed E-state index contributed by atoms with van der Waals surface area (Å²) >= 11 is 0. The van der Waals surface area contributed by atoms with Crippen molar-refractivity contribution in [3.63, 3.8) is 0 Å². The maximum atomic E-state index is 13.0. The van der Waals surface area contributed by atoms with Crippen molar-refractivity contribution >= 4 is 11.6 Å². The molecular formula is C26H36N2O3. The maximum Gasteiger partial charge on any atom is 0.227 e. The molecule has 0 atom stereocenters. The minimum atomic E-state index is 0.236. The predicted molar refractivity (Wildman–Crippen MR) is 126 cm³/mol. The maximum absolute atomic E-state index is 13.0. The number of aryl methyl sites for hydroxylation is 1. The van der Waals surface area contributed by atoms with Crippen molar-refractivity contribution in [2.45, 2.75) is 58.5 Å². The second kappa shape index (κ2) is 11.2. The number of nitrogens with zero attached hydrogens (tertiary/aromatic N) is 2. The van der Waals surface area contributed by atoms with Gasteiger partial charge < -0.3 is 14.4 Å². The van der Waals surface area contributed by atoms with E-state index in [0.717, 1.165) is 68.1 Å². The molecule has 0 saturated carbocycles. The Kier molecular flexibility index (Phi) is 8.35. The summed E-state index contributed by atoms with van der Waals surface area (Å²) in [7, 11) is 3.39. The molecule has 1 heterocycles. The van der Waals surface area contributed by atoms with Gasteiger partial charge in [0.15, 0.2) is 0 Å². The topological polar surface area (TPSA) is 42.0 Å². The smallest absolute Gasteiger partial charge is 0.227 e. The summed E-state index contributed by atoms with van der Waals surface area (Å²) in [6.45, 7) is 6.95. The van der Waals surface area contributed by atoms with E-state index in [1.165, 1.54) is 5.56 Å². The van der Waals surface area contributed by atoms with Gasteiger partial charge in [0, 0.05) is 43.3 Å². The van der Waals surface area contributed by atoms with Crippen LogP contribution in [0.5, 0.6) is 11.5 Å². The number of hydrogen-bond acceptors (Lipinski definition) is 4. The number of carbonyl (C=O) groups excluding carboxylic acids is 1. The molecule has 1 amide bonds. The molecule has 0 bridgehead atoms. The molecule has 0 spiro atoms. The standard InChI is InChI=1S/C26H36N2O3/c1-5-7-26(29)28(22-10-8-20(6-2)9-11-22)23-14-16-27(17-15-23)19-21-18-24(30-3)12-13-25(21)31-4/h8-13,18,23H,5-7,14-17,19H2,1-4H3. The number of carbonyl (C=O) groups is 1. The van der Waals surface area contributed by atoms with Gasteiger partial charge in [0.05, 0.1) is 14.2 Å². The summed E-state index contributed by atoms with van der Waals surface area (Å²) in [6.07, 6.45) is 4.41. The highest BCUT2D eigenvalue weighted by atomic mass is 16.5. The van der Waals surface area contributed by atoms with Gasteiger partial charge in [-0.3, -0.25) is 9.69 Å². The van der Waals surface area contributed by atoms with Gasteiger partial charge in [-0.05, 0) is 61.6 Å². The Balaban J connectivity index is 1.70. The molecule has 1 fully saturated rings. The summed E-state index contributed by atoms with van der Waals surface area (Å²) < 4.78 is 10.9. The first kappa shape index (κ1) is 23.1. The fraction of sp³-hybridized carbons (Fsp3) is 0.500. The molecule has 0 radical (unpaired) electrons. The third-order valence-electron chi connectivity index (χ3n) is 6.16. The summed E-state index contributed by atoms with van der Waals surface area (Å²) in [5, 5.41) is 0. The first-order valence-electron chi connectivity index (χ1n) is 11.4. The number of methoxy groups -OCH3 is 2. The van der Waals surface area contributed by atoms with Crippen molar-refractivity contribution in [2.75, 3.05) is 32.2 Å². The molecule has 1 aliphatic rings. The number of ether oxygens (including phenoxy) is 2. The number of hydrogen-bond donors (Lipinski definition) is 0. The fourth-order valence-electron chi connectivity index (χ4n) is 4.37. The zero-order chi connectivity index (χ0) is 22.2. The molecule has 2 aromatic rings. The average molecular weight is 425 g/mol. The zero-order valence-electron chi connectivity index (χ0n) is 19.4. The van der Waals surface area contributed by atoms with Gasteiger partial charge >= 0.3 is 0 Å². The van der Waals surface area contributed by atoms with Crippen molar-refractivity contribution in [3.05, 3.63) is 53.6 Å². The van der Waals surface area contributed by atoms with E-state index < -0.39 is 0 Å². The van der Waals surface area contributed by atoms with Crippen LogP contribution >= 0.6 is 0 Å². The Labute approximate surface area is 187 Å². The van der Waals surface area contributed by atoms with E-state index in [2.05, 4.69) is 54.0 Å². The Hall–Kier alpha value is -2.53. The normalized spacial score (nSPS) is 15.0. The minimum absolute atomic E-state index is 0.236. The van der Waals surface area contributed by atoms with E-state index in [4.69, 9.17) is 9.47 Å². The molecule has 3 rings (SSSR count). The average Bonchev–Trinajstić information content (AvgIpc) is 2.81. The van der Waals surface area contributed by atoms with Gasteiger partial charge in [-0.2, -0.15) is 0 Å². The lowest BCUT2D eigenvalue weighted by Crippen LogP contribution is -2.47. The molecule has 5 nitrogen and oxygen atoms in total. The number of piperidine rings is 1. The van der Waals surface area contributed by atoms with Gasteiger partial charge in [-0.15, -0.1) is 0 Å². The molecule has 5 heteroatoms. The number of benzene rings is 2. The number of amides is 1. The third-order valence-corrected chi connectivity index (χ3v) is 6.16. The van der Waals surface area contributed by atoms with Crippen LogP contribution in [-0.4, -0.2) is 44.2 Å². The first-order chi connectivity index (χ1) is 15.1. The van der Waals surface area contributed by atoms with E-state index in [-0.39, 0.29) is 11.9 Å². The molecule has 0 unspecified atom stereocenters. The van der Waals surface area contributed by atoms with Crippen molar-refractivity contribution in [1.82, 2.24) is 4.90 Å². The molecular weight excluding hydrogens is 388 g/mol. The van der Waals surface area contributed by atoms with Crippen LogP contribution in [0.15, 0.2) is 42.5 Å². The van der Waals surface area contributed by atoms with Crippen molar-refractivity contribution in [3.8, 4) is 11.5 Å². The number of anilines is 1. The molecule has 2 aromatic carbocycles. The summed E-state index contributed by atoms with van der Waals surface area (Å²) in [5.74, 6) is 1.97. The Bertz CT molecular complexity index is 842. The highest BCUT2D eigenvalue weighted by Crippen LogP contribution is 2.29. The summed E-state index contributed by atoms with van der Waals surface area (Å²) in [4.78, 5) is 17.5. The minimum Gasteiger partial charge on any atom is -0.497 e. The van der Waals surface area contributed by atoms with E-state index in [9.17, 15) is 4.79 Å². The van der Waals surface area contributed by atoms with E-state index in [1.54, 1.807) is 14.2 Å². The van der Waals surface area contributed by atoms with E-state index >= 15 is 0 Å². The molecule has 1 aliphatic heterocycles. The lowest BCUT2D eigenvalue weighted by atomic mass is 10.00. The highest BCUT2D eigenvalue weighted by Gasteiger charge is 2.29. The summed E-state index contributed by atoms with van der Waals surface area (Å²) in [6, 6.07) is 14.7. The van der Waals surface area contributed by atoms with Gasteiger partial charge in [0.1, 0.15) is 11.5 Å². The second-order valence-corrected chi connectivity index (χ2v) is 8.22. The van der Waals surface area contributed by atoms with E-state index in [0.29, 0.717) is 6.42 Å². The van der Waals surface area contributed by atoms with Crippen molar-refractivity contribution < 1.29 is 14.3 Å². The van der Waals surface area contributed by atoms with Gasteiger partial charge in [-0.1, -0.05) is 26.0 Å². The molecule has 0 N–H and O–H groups in total. The Morgan fingerprint density at radius 1 is 1.03 bits per heavy atom. The molecule has 168 valence electrons. The predicted octanol–water partition coefficient (Wildman–Crippen LogP) is 5.06. The molecule has 1 saturated heterocycles. The largest absolute Gasteiger partial charge is 0.497 e. The van der Waals surface area contributed by atoms with E-state index in [1.807, 2.05) is 12.1 Å². The molecule has 0 aromatic heterocycles. The van der Waals surface area contributed by atoms with Crippen LogP contribution < -0.4 is 14.4 Å². The van der Waals surface area contributed by atoms with Crippen molar-refractivity contribution in [1.29, 1.82) is 0 Å². The molecule has 31 heavy (non-hydrogen) atoms. The lowest BCUT2D eigenvalue weighted by molar-refractivity contribution is -0.119. The number of likely N-dealkylation sites (tertiary alicyclic amines) is 1. The van der Waals surface area contributed by atoms with Crippen molar-refractivity contribution in [2.24, 2.45) is 0 Å². The number of rotatable bonds is 9. The first-order valence-corrected chi connectivity index (χ1v) is 11.4. The lowest BCUT2D eigenvalue weighted by Gasteiger charge is -2.39. The SMILES string of the molecule is CCCC(=O)N(c1ccc(CC)cc1)C1CCN(Cc2cc(OC)ccc2OC)CC1. The van der Waals surface area contributed by atoms with Crippen LogP contribution in [0.4, 0.5) is 5.69 Å². The van der Waals surface area contributed by atoms with Crippen LogP contribution in [0.1, 0.15) is 50.7 Å². The highest BCUT2D eigenvalue weighted by molar-refractivity contribution is 5.94. The fourth-order valence-corrected chi connectivity index (χ4v) is 4.37. The van der Waals surface area contributed by atoms with Crippen LogP contribution in [0.25, 0.3) is 0 Å². The quantitative estimate of drug-likeness (QED) is 0.564. The van der Waals surface area contributed by atoms with Gasteiger partial charge in [-0.25, -0.2) is 0 Å². The van der Waals surface area contributed by atoms with Crippen LogP contribution in [0.3, 0.4) is 0 Å². The Morgan fingerprint density at radius 2 is 1.74 bits per heavy atom. The third kappa shape index (κ3) is 5.79. The summed E-state index contributed by atoms with van der Waals surface area (Å²) in [5.41, 5.74) is 3.46. The van der Waals surface area contributed by atoms with Crippen LogP contribution in [-0.2, 0) is 17.8 Å². The zero-order valence-corrected chi connectivity index (χ0v) is 19.4.